The van der Waals surface area contributed by atoms with E-state index in [2.05, 4.69) is 29.6 Å². The average molecular weight is 182 g/mol. The molecule has 0 aromatic rings. The largest absolute Gasteiger partial charge is 0.106 e. The molecule has 0 heteroatoms. The summed E-state index contributed by atoms with van der Waals surface area (Å²) in [5, 5.41) is 0. The molecule has 14 heavy (non-hydrogen) atoms. The van der Waals surface area contributed by atoms with Crippen molar-refractivity contribution in [2.45, 2.75) is 38.5 Å². The molecule has 3 aliphatic carbocycles. The monoisotopic (exact) mass is 182 g/mol. The molecule has 0 aliphatic heterocycles. The van der Waals surface area contributed by atoms with E-state index in [9.17, 15) is 0 Å². The van der Waals surface area contributed by atoms with E-state index in [4.69, 9.17) is 6.42 Å². The molecule has 0 N–H and O–H groups in total. The Labute approximate surface area is 86.5 Å². The highest BCUT2D eigenvalue weighted by Gasteiger charge is 2.38. The van der Waals surface area contributed by atoms with E-state index < -0.39 is 0 Å². The highest BCUT2D eigenvalue weighted by Crippen LogP contribution is 2.49. The fraction of sp³-hybridized carbons (Fsp3) is 0.571. The number of rotatable bonds is 0. The Bertz CT molecular complexity index is 350. The van der Waals surface area contributed by atoms with Crippen LogP contribution < -0.4 is 0 Å². The fourth-order valence-corrected chi connectivity index (χ4v) is 2.67. The summed E-state index contributed by atoms with van der Waals surface area (Å²) in [5.41, 5.74) is 0.304. The van der Waals surface area contributed by atoms with Gasteiger partial charge < -0.3 is 0 Å². The van der Waals surface area contributed by atoms with Crippen LogP contribution in [0.15, 0.2) is 0 Å². The topological polar surface area (TPSA) is 0 Å². The summed E-state index contributed by atoms with van der Waals surface area (Å²) in [7, 11) is 0. The Morgan fingerprint density at radius 3 is 2.14 bits per heavy atom. The van der Waals surface area contributed by atoms with Crippen molar-refractivity contribution in [1.29, 1.82) is 0 Å². The lowest BCUT2D eigenvalue weighted by Crippen LogP contribution is -2.32. The van der Waals surface area contributed by atoms with Crippen LogP contribution in [-0.4, -0.2) is 0 Å². The molecule has 3 rings (SSSR count). The summed E-state index contributed by atoms with van der Waals surface area (Å²) in [4.78, 5) is 0. The van der Waals surface area contributed by atoms with Gasteiger partial charge in [-0.1, -0.05) is 5.92 Å². The van der Waals surface area contributed by atoms with Crippen molar-refractivity contribution in [3.05, 3.63) is 0 Å². The van der Waals surface area contributed by atoms with Crippen molar-refractivity contribution in [1.82, 2.24) is 0 Å². The van der Waals surface area contributed by atoms with Crippen LogP contribution in [0.5, 0.6) is 0 Å². The van der Waals surface area contributed by atoms with E-state index in [1.54, 1.807) is 0 Å². The number of terminal acetylenes is 1. The Hall–Kier alpha value is -1.32. The second-order valence-corrected chi connectivity index (χ2v) is 4.41. The molecule has 0 unspecified atom stereocenters. The van der Waals surface area contributed by atoms with Gasteiger partial charge in [0.15, 0.2) is 0 Å². The molecular weight excluding hydrogens is 168 g/mol. The van der Waals surface area contributed by atoms with Crippen LogP contribution in [0, 0.1) is 47.4 Å². The fourth-order valence-electron chi connectivity index (χ4n) is 2.67. The first-order valence-electron chi connectivity index (χ1n) is 5.32. The Kier molecular flexibility index (Phi) is 2.52. The lowest BCUT2D eigenvalue weighted by Gasteiger charge is -2.43. The highest BCUT2D eigenvalue weighted by atomic mass is 14.4. The first-order valence-corrected chi connectivity index (χ1v) is 5.32. The Morgan fingerprint density at radius 2 is 1.57 bits per heavy atom. The summed E-state index contributed by atoms with van der Waals surface area (Å²) >= 11 is 0. The van der Waals surface area contributed by atoms with E-state index in [-0.39, 0.29) is 0 Å². The molecule has 3 fully saturated rings. The minimum atomic E-state index is 0.304. The summed E-state index contributed by atoms with van der Waals surface area (Å²) in [6.07, 6.45) is 13.0. The molecular formula is C14H14. The average Bonchev–Trinajstić information content (AvgIpc) is 2.27. The molecule has 0 radical (unpaired) electrons. The lowest BCUT2D eigenvalue weighted by atomic mass is 9.61. The number of fused-ring (bicyclic) bond motifs is 3. The molecule has 0 heterocycles. The molecule has 2 bridgehead atoms. The standard InChI is InChI=1S/C14H14/c1-2-3-4-5-9-14-10-6-13(7-11-14)8-12-14/h1,13H,6-8,10-12H2. The zero-order valence-corrected chi connectivity index (χ0v) is 8.40. The maximum Gasteiger partial charge on any atom is 0.0325 e. The Morgan fingerprint density at radius 1 is 0.929 bits per heavy atom. The van der Waals surface area contributed by atoms with E-state index >= 15 is 0 Å². The quantitative estimate of drug-likeness (QED) is 0.505. The third-order valence-electron chi connectivity index (χ3n) is 3.62. The predicted molar refractivity (Wildman–Crippen MR) is 58.0 cm³/mol. The first kappa shape index (κ1) is 9.24. The number of hydrogen-bond acceptors (Lipinski definition) is 0. The van der Waals surface area contributed by atoms with Gasteiger partial charge in [-0.05, 0) is 68.1 Å². The SMILES string of the molecule is C#CC#CC#CC12CCC(CC1)CC2. The second kappa shape index (κ2) is 3.82. The van der Waals surface area contributed by atoms with Crippen molar-refractivity contribution in [3.8, 4) is 36.0 Å². The van der Waals surface area contributed by atoms with Crippen LogP contribution in [0.1, 0.15) is 38.5 Å². The van der Waals surface area contributed by atoms with Crippen molar-refractivity contribution in [2.24, 2.45) is 11.3 Å². The van der Waals surface area contributed by atoms with Gasteiger partial charge in [-0.15, -0.1) is 6.42 Å². The summed E-state index contributed by atoms with van der Waals surface area (Å²) in [5.74, 6) is 14.8. The molecule has 0 spiro atoms. The number of hydrogen-bond donors (Lipinski definition) is 0. The zero-order valence-electron chi connectivity index (χ0n) is 8.40. The maximum atomic E-state index is 5.03. The second-order valence-electron chi connectivity index (χ2n) is 4.41. The molecule has 0 nitrogen and oxygen atoms in total. The van der Waals surface area contributed by atoms with Crippen LogP contribution in [0.4, 0.5) is 0 Å². The minimum Gasteiger partial charge on any atom is -0.106 e. The van der Waals surface area contributed by atoms with Crippen molar-refractivity contribution in [2.75, 3.05) is 0 Å². The van der Waals surface area contributed by atoms with Gasteiger partial charge in [0.2, 0.25) is 0 Å². The minimum absolute atomic E-state index is 0.304. The smallest absolute Gasteiger partial charge is 0.0325 e. The molecule has 0 amide bonds. The summed E-state index contributed by atoms with van der Waals surface area (Å²) in [6, 6.07) is 0. The Balaban J connectivity index is 2.08. The van der Waals surface area contributed by atoms with E-state index in [1.165, 1.54) is 38.5 Å². The predicted octanol–water partition coefficient (Wildman–Crippen LogP) is 2.60. The molecule has 0 aromatic heterocycles. The molecule has 3 aliphatic rings. The van der Waals surface area contributed by atoms with Crippen LogP contribution in [-0.2, 0) is 0 Å². The van der Waals surface area contributed by atoms with Crippen LogP contribution in [0.25, 0.3) is 0 Å². The van der Waals surface area contributed by atoms with Gasteiger partial charge in [-0.25, -0.2) is 0 Å². The van der Waals surface area contributed by atoms with Crippen molar-refractivity contribution < 1.29 is 0 Å². The summed E-state index contributed by atoms with van der Waals surface area (Å²) in [6.45, 7) is 0. The van der Waals surface area contributed by atoms with Crippen molar-refractivity contribution in [3.63, 3.8) is 0 Å². The molecule has 0 saturated heterocycles. The molecule has 70 valence electrons. The third kappa shape index (κ3) is 1.78. The van der Waals surface area contributed by atoms with E-state index in [0.29, 0.717) is 5.41 Å². The normalized spacial score (nSPS) is 33.2. The van der Waals surface area contributed by atoms with Crippen molar-refractivity contribution >= 4 is 0 Å². The first-order chi connectivity index (χ1) is 6.85. The van der Waals surface area contributed by atoms with E-state index in [1.807, 2.05) is 0 Å². The van der Waals surface area contributed by atoms with Gasteiger partial charge in [0.05, 0.1) is 0 Å². The van der Waals surface area contributed by atoms with Crippen LogP contribution >= 0.6 is 0 Å². The molecule has 3 saturated carbocycles. The van der Waals surface area contributed by atoms with Crippen LogP contribution in [0.3, 0.4) is 0 Å². The van der Waals surface area contributed by atoms with Gasteiger partial charge in [0, 0.05) is 5.41 Å². The van der Waals surface area contributed by atoms with Gasteiger partial charge in [-0.2, -0.15) is 0 Å². The lowest BCUT2D eigenvalue weighted by molar-refractivity contribution is 0.119. The maximum absolute atomic E-state index is 5.03. The van der Waals surface area contributed by atoms with Gasteiger partial charge in [0.25, 0.3) is 0 Å². The van der Waals surface area contributed by atoms with Gasteiger partial charge >= 0.3 is 0 Å². The zero-order chi connectivity index (χ0) is 9.86. The molecule has 0 atom stereocenters. The van der Waals surface area contributed by atoms with Crippen LogP contribution in [0.2, 0.25) is 0 Å². The van der Waals surface area contributed by atoms with E-state index in [0.717, 1.165) is 5.92 Å². The van der Waals surface area contributed by atoms with Gasteiger partial charge in [-0.3, -0.25) is 0 Å². The summed E-state index contributed by atoms with van der Waals surface area (Å²) < 4.78 is 0. The third-order valence-corrected chi connectivity index (χ3v) is 3.62. The van der Waals surface area contributed by atoms with Gasteiger partial charge in [0.1, 0.15) is 0 Å². The highest BCUT2D eigenvalue weighted by molar-refractivity contribution is 5.35. The molecule has 0 aromatic carbocycles.